The SMILES string of the molecule is CC1(C)OC2C3(CCCC3)C(=O)OCC23C1C(=O)C(O)C1(C)C3CCC2(C)C(c3ccoc3CC3CC4CC(C5CNCN5)CCC4CC3O)OC(=O)C3OC321. The molecule has 6 heterocycles. The summed E-state index contributed by atoms with van der Waals surface area (Å²) >= 11 is 0. The zero-order chi connectivity index (χ0) is 38.8. The lowest BCUT2D eigenvalue weighted by Gasteiger charge is -2.67. The molecule has 3 spiro atoms. The monoisotopic (exact) mass is 776 g/mol. The molecule has 5 aliphatic heterocycles. The molecule has 5 aliphatic carbocycles. The Hall–Kier alpha value is -2.35. The first-order valence-corrected chi connectivity index (χ1v) is 21.9. The number of aliphatic hydroxyl groups excluding tert-OH is 2. The minimum absolute atomic E-state index is 0.0159. The van der Waals surface area contributed by atoms with Gasteiger partial charge in [-0.25, -0.2) is 4.79 Å². The summed E-state index contributed by atoms with van der Waals surface area (Å²) in [6, 6.07) is 2.42. The summed E-state index contributed by atoms with van der Waals surface area (Å²) in [6.45, 7) is 9.84. The topological polar surface area (TPSA) is 169 Å². The van der Waals surface area contributed by atoms with E-state index in [2.05, 4.69) is 17.6 Å². The molecule has 0 aromatic carbocycles. The minimum Gasteiger partial charge on any atom is -0.469 e. The molecule has 1 aromatic heterocycles. The van der Waals surface area contributed by atoms with Gasteiger partial charge in [-0.3, -0.25) is 9.59 Å². The number of carbonyl (C=O) groups excluding carboxylic acids is 3. The van der Waals surface area contributed by atoms with Crippen molar-refractivity contribution in [2.24, 2.45) is 57.2 Å². The number of rotatable bonds is 4. The number of nitrogens with one attached hydrogen (secondary N) is 2. The lowest BCUT2D eigenvalue weighted by atomic mass is 9.35. The van der Waals surface area contributed by atoms with Gasteiger partial charge in [0.05, 0.1) is 35.4 Å². The number of furan rings is 1. The van der Waals surface area contributed by atoms with E-state index in [-0.39, 0.29) is 30.2 Å². The van der Waals surface area contributed by atoms with Gasteiger partial charge in [0.25, 0.3) is 0 Å². The Kier molecular flexibility index (Phi) is 7.80. The fourth-order valence-corrected chi connectivity index (χ4v) is 16.2. The molecule has 16 atom stereocenters. The van der Waals surface area contributed by atoms with E-state index in [4.69, 9.17) is 23.4 Å². The summed E-state index contributed by atoms with van der Waals surface area (Å²) in [6.07, 6.45) is 7.64. The number of carbonyl (C=O) groups is 3. The van der Waals surface area contributed by atoms with Crippen molar-refractivity contribution in [3.05, 3.63) is 23.7 Å². The summed E-state index contributed by atoms with van der Waals surface area (Å²) in [4.78, 5) is 42.9. The second kappa shape index (κ2) is 11.9. The minimum atomic E-state index is -1.43. The van der Waals surface area contributed by atoms with Crippen molar-refractivity contribution in [2.45, 2.75) is 153 Å². The fraction of sp³-hybridized carbons (Fsp3) is 0.841. The molecule has 5 saturated heterocycles. The van der Waals surface area contributed by atoms with Crippen LogP contribution in [0.1, 0.15) is 116 Å². The first-order chi connectivity index (χ1) is 26.7. The molecule has 0 bridgehead atoms. The maximum atomic E-state index is 15.0. The van der Waals surface area contributed by atoms with Crippen LogP contribution >= 0.6 is 0 Å². The molecule has 10 aliphatic rings. The molecule has 12 nitrogen and oxygen atoms in total. The first kappa shape index (κ1) is 36.7. The van der Waals surface area contributed by atoms with Crippen LogP contribution in [-0.2, 0) is 39.8 Å². The van der Waals surface area contributed by atoms with E-state index in [9.17, 15) is 24.6 Å². The largest absolute Gasteiger partial charge is 0.469 e. The van der Waals surface area contributed by atoms with E-state index in [1.807, 2.05) is 26.8 Å². The summed E-state index contributed by atoms with van der Waals surface area (Å²) in [7, 11) is 0. The van der Waals surface area contributed by atoms with Crippen LogP contribution in [0, 0.1) is 57.2 Å². The predicted molar refractivity (Wildman–Crippen MR) is 198 cm³/mol. The van der Waals surface area contributed by atoms with Crippen LogP contribution in [0.15, 0.2) is 16.7 Å². The van der Waals surface area contributed by atoms with Crippen LogP contribution < -0.4 is 10.6 Å². The van der Waals surface area contributed by atoms with E-state index >= 15 is 0 Å². The van der Waals surface area contributed by atoms with Crippen molar-refractivity contribution in [2.75, 3.05) is 19.8 Å². The molecule has 56 heavy (non-hydrogen) atoms. The molecule has 4 N–H and O–H groups in total. The van der Waals surface area contributed by atoms with Crippen LogP contribution in [0.2, 0.25) is 0 Å². The highest BCUT2D eigenvalue weighted by Crippen LogP contribution is 2.81. The van der Waals surface area contributed by atoms with E-state index in [1.54, 1.807) is 6.26 Å². The maximum absolute atomic E-state index is 15.0. The number of ketones is 1. The molecular formula is C44H60N2O10. The van der Waals surface area contributed by atoms with Gasteiger partial charge in [-0.2, -0.15) is 0 Å². The van der Waals surface area contributed by atoms with Gasteiger partial charge in [-0.05, 0) is 107 Å². The number of hydrogen-bond acceptors (Lipinski definition) is 12. The fourth-order valence-electron chi connectivity index (χ4n) is 16.2. The lowest BCUT2D eigenvalue weighted by Crippen LogP contribution is -2.77. The third-order valence-corrected chi connectivity index (χ3v) is 18.5. The van der Waals surface area contributed by atoms with Crippen molar-refractivity contribution >= 4 is 17.7 Å². The van der Waals surface area contributed by atoms with Gasteiger partial charge in [-0.15, -0.1) is 0 Å². The quantitative estimate of drug-likeness (QED) is 0.255. The van der Waals surface area contributed by atoms with Crippen LogP contribution in [0.25, 0.3) is 0 Å². The number of aliphatic hydroxyl groups is 2. The highest BCUT2D eigenvalue weighted by Gasteiger charge is 2.91. The Morgan fingerprint density at radius 1 is 0.893 bits per heavy atom. The average molecular weight is 777 g/mol. The molecule has 12 heteroatoms. The Balaban J connectivity index is 0.936. The first-order valence-electron chi connectivity index (χ1n) is 21.9. The molecule has 0 amide bonds. The van der Waals surface area contributed by atoms with Crippen LogP contribution in [0.5, 0.6) is 0 Å². The van der Waals surface area contributed by atoms with Crippen LogP contribution in [0.3, 0.4) is 0 Å². The molecule has 1 aromatic rings. The molecule has 306 valence electrons. The number of epoxide rings is 1. The number of esters is 2. The van der Waals surface area contributed by atoms with E-state index < -0.39 is 75.3 Å². The van der Waals surface area contributed by atoms with Crippen LogP contribution in [0.4, 0.5) is 0 Å². The molecular weight excluding hydrogens is 716 g/mol. The Labute approximate surface area is 328 Å². The average Bonchev–Trinajstić information content (AvgIpc) is 3.64. The molecule has 5 saturated carbocycles. The molecule has 10 fully saturated rings. The third kappa shape index (κ3) is 4.34. The Morgan fingerprint density at radius 2 is 1.68 bits per heavy atom. The predicted octanol–water partition coefficient (Wildman–Crippen LogP) is 4.14. The van der Waals surface area contributed by atoms with E-state index in [1.165, 1.54) is 12.8 Å². The standard InChI is InChI=1S/C44H60N2O10/c1-39(2)32-31(48)33(49)41(4)30(43(32)20-53-38(51)42(37(43)56-39)11-5-6-12-42)9-13-40(3)34(54-36(50)35-44(40,41)55-35)26-10-14-52-29(26)18-25-16-24-15-23(27-19-45-21-46-27)8-7-22(24)17-28(25)47/h10,14,22-25,27-28,30,32-35,37,45-47,49H,5-9,11-13,15-21H2,1-4H3. The number of hydrogen-bond donors (Lipinski definition) is 4. The second-order valence-corrected chi connectivity index (χ2v) is 21.1. The summed E-state index contributed by atoms with van der Waals surface area (Å²) < 4.78 is 32.6. The van der Waals surface area contributed by atoms with Crippen LogP contribution in [-0.4, -0.2) is 89.4 Å². The van der Waals surface area contributed by atoms with Gasteiger partial charge in [0.15, 0.2) is 11.9 Å². The smallest absolute Gasteiger partial charge is 0.339 e. The second-order valence-electron chi connectivity index (χ2n) is 21.1. The zero-order valence-electron chi connectivity index (χ0n) is 33.3. The van der Waals surface area contributed by atoms with E-state index in [0.29, 0.717) is 55.9 Å². The number of Topliss-reactive ketones (excluding diaryl/α,β-unsaturated/α-hetero) is 1. The van der Waals surface area contributed by atoms with Gasteiger partial charge >= 0.3 is 11.9 Å². The Morgan fingerprint density at radius 3 is 2.45 bits per heavy atom. The molecule has 11 rings (SSSR count). The molecule has 16 unspecified atom stereocenters. The zero-order valence-corrected chi connectivity index (χ0v) is 33.3. The van der Waals surface area contributed by atoms with Gasteiger partial charge in [0, 0.05) is 47.5 Å². The van der Waals surface area contributed by atoms with Gasteiger partial charge in [0.2, 0.25) is 0 Å². The van der Waals surface area contributed by atoms with Gasteiger partial charge in [-0.1, -0.05) is 26.7 Å². The summed E-state index contributed by atoms with van der Waals surface area (Å²) in [5, 5.41) is 31.2. The normalized spacial score (nSPS) is 52.2. The summed E-state index contributed by atoms with van der Waals surface area (Å²) in [5.74, 6) is 0.398. The van der Waals surface area contributed by atoms with Gasteiger partial charge in [0.1, 0.15) is 30.2 Å². The molecule has 0 radical (unpaired) electrons. The van der Waals surface area contributed by atoms with Crippen molar-refractivity contribution in [1.29, 1.82) is 0 Å². The number of cyclic esters (lactones) is 2. The Bertz CT molecular complexity index is 1830. The lowest BCUT2D eigenvalue weighted by molar-refractivity contribution is -0.264. The van der Waals surface area contributed by atoms with Crippen molar-refractivity contribution in [1.82, 2.24) is 10.6 Å². The summed E-state index contributed by atoms with van der Waals surface area (Å²) in [5.41, 5.74) is -5.12. The van der Waals surface area contributed by atoms with Crippen molar-refractivity contribution in [3.8, 4) is 0 Å². The highest BCUT2D eigenvalue weighted by atomic mass is 16.7. The van der Waals surface area contributed by atoms with Crippen molar-refractivity contribution in [3.63, 3.8) is 0 Å². The maximum Gasteiger partial charge on any atom is 0.339 e. The number of fused-ring (bicyclic) bond motifs is 3. The van der Waals surface area contributed by atoms with Crippen molar-refractivity contribution < 1.29 is 48.0 Å². The number of ether oxygens (including phenoxy) is 4. The highest BCUT2D eigenvalue weighted by molar-refractivity contribution is 5.92. The third-order valence-electron chi connectivity index (χ3n) is 18.5. The van der Waals surface area contributed by atoms with E-state index in [0.717, 1.165) is 56.6 Å². The van der Waals surface area contributed by atoms with Gasteiger partial charge < -0.3 is 44.2 Å².